The van der Waals surface area contributed by atoms with Crippen LogP contribution in [0.15, 0.2) is 0 Å². The van der Waals surface area contributed by atoms with Crippen LogP contribution in [0.5, 0.6) is 0 Å². The normalized spacial score (nSPS) is 13.0. The molecule has 1 amide bonds. The molecule has 0 aliphatic rings. The van der Waals surface area contributed by atoms with Crippen molar-refractivity contribution in [2.24, 2.45) is 11.8 Å². The monoisotopic (exact) mass is 397 g/mol. The highest BCUT2D eigenvalue weighted by atomic mass is 16.2. The number of Topliss-reactive ketones (excluding diaryl/α,β-unsaturated/α-hetero) is 2. The smallest absolute Gasteiger partial charge is 0.220 e. The van der Waals surface area contributed by atoms with Crippen molar-refractivity contribution in [2.45, 2.75) is 92.2 Å². The van der Waals surface area contributed by atoms with Gasteiger partial charge in [0.1, 0.15) is 5.78 Å². The molecule has 0 aliphatic carbocycles. The van der Waals surface area contributed by atoms with Crippen molar-refractivity contribution in [3.63, 3.8) is 0 Å². The van der Waals surface area contributed by atoms with Crippen molar-refractivity contribution < 1.29 is 14.4 Å². The Bertz CT molecular complexity index is 487. The molecule has 3 N–H and O–H groups in total. The SMILES string of the molecule is CC(C)CNC(C)CCCNC(C)(C)C(=O)CCNC(=O)CCC(=O)C(C)C. The Morgan fingerprint density at radius 2 is 1.54 bits per heavy atom. The summed E-state index contributed by atoms with van der Waals surface area (Å²) >= 11 is 0. The van der Waals surface area contributed by atoms with Crippen molar-refractivity contribution in [1.29, 1.82) is 0 Å². The van der Waals surface area contributed by atoms with Crippen LogP contribution < -0.4 is 16.0 Å². The Labute approximate surface area is 172 Å². The lowest BCUT2D eigenvalue weighted by atomic mass is 9.96. The van der Waals surface area contributed by atoms with Gasteiger partial charge in [0.15, 0.2) is 5.78 Å². The molecule has 6 heteroatoms. The highest BCUT2D eigenvalue weighted by molar-refractivity contribution is 5.89. The molecule has 1 unspecified atom stereocenters. The highest BCUT2D eigenvalue weighted by Crippen LogP contribution is 2.08. The molecule has 6 nitrogen and oxygen atoms in total. The highest BCUT2D eigenvalue weighted by Gasteiger charge is 2.26. The lowest BCUT2D eigenvalue weighted by Gasteiger charge is -2.25. The van der Waals surface area contributed by atoms with Gasteiger partial charge in [-0.05, 0) is 52.6 Å². The van der Waals surface area contributed by atoms with E-state index in [9.17, 15) is 14.4 Å². The molecular formula is C22H43N3O3. The topological polar surface area (TPSA) is 87.3 Å². The average molecular weight is 398 g/mol. The first kappa shape index (κ1) is 26.7. The number of hydrogen-bond donors (Lipinski definition) is 3. The van der Waals surface area contributed by atoms with E-state index in [-0.39, 0.29) is 42.7 Å². The van der Waals surface area contributed by atoms with Gasteiger partial charge in [-0.1, -0.05) is 27.7 Å². The Hall–Kier alpha value is -1.27. The predicted molar refractivity (Wildman–Crippen MR) is 115 cm³/mol. The van der Waals surface area contributed by atoms with Crippen LogP contribution in [0.25, 0.3) is 0 Å². The minimum absolute atomic E-state index is 0.0461. The third-order valence-electron chi connectivity index (χ3n) is 4.87. The standard InChI is InChI=1S/C22H43N3O3/c1-16(2)15-24-18(5)9-8-13-25-22(6,7)20(27)12-14-23-21(28)11-10-19(26)17(3)4/h16-18,24-25H,8-15H2,1-7H3,(H,23,28). The quantitative estimate of drug-likeness (QED) is 0.349. The van der Waals surface area contributed by atoms with Gasteiger partial charge in [-0.2, -0.15) is 0 Å². The zero-order valence-corrected chi connectivity index (χ0v) is 19.1. The summed E-state index contributed by atoms with van der Waals surface area (Å²) in [5.74, 6) is 0.598. The molecule has 1 atom stereocenters. The number of hydrogen-bond acceptors (Lipinski definition) is 5. The Balaban J connectivity index is 3.98. The predicted octanol–water partition coefficient (Wildman–Crippen LogP) is 2.85. The van der Waals surface area contributed by atoms with Crippen LogP contribution in [0.3, 0.4) is 0 Å². The summed E-state index contributed by atoms with van der Waals surface area (Å²) < 4.78 is 0. The molecule has 0 aromatic rings. The first-order valence-electron chi connectivity index (χ1n) is 10.8. The van der Waals surface area contributed by atoms with E-state index >= 15 is 0 Å². The van der Waals surface area contributed by atoms with Crippen LogP contribution in [0.4, 0.5) is 0 Å². The summed E-state index contributed by atoms with van der Waals surface area (Å²) in [6.07, 6.45) is 2.81. The number of nitrogens with one attached hydrogen (secondary N) is 3. The van der Waals surface area contributed by atoms with E-state index in [1.165, 1.54) is 0 Å². The summed E-state index contributed by atoms with van der Waals surface area (Å²) in [6.45, 7) is 16.1. The molecule has 0 saturated heterocycles. The number of rotatable bonds is 16. The molecule has 0 radical (unpaired) electrons. The second-order valence-corrected chi connectivity index (χ2v) is 9.04. The van der Waals surface area contributed by atoms with E-state index in [0.717, 1.165) is 25.9 Å². The summed E-state index contributed by atoms with van der Waals surface area (Å²) in [5, 5.41) is 9.58. The van der Waals surface area contributed by atoms with Crippen LogP contribution in [0.2, 0.25) is 0 Å². The van der Waals surface area contributed by atoms with E-state index in [0.29, 0.717) is 18.5 Å². The van der Waals surface area contributed by atoms with Crippen LogP contribution in [-0.4, -0.2) is 48.7 Å². The molecule has 0 heterocycles. The maximum absolute atomic E-state index is 12.4. The summed E-state index contributed by atoms with van der Waals surface area (Å²) in [5.41, 5.74) is -0.604. The Morgan fingerprint density at radius 1 is 0.893 bits per heavy atom. The van der Waals surface area contributed by atoms with Gasteiger partial charge in [0.05, 0.1) is 5.54 Å². The lowest BCUT2D eigenvalue weighted by Crippen LogP contribution is -2.48. The molecule has 0 aliphatic heterocycles. The van der Waals surface area contributed by atoms with Gasteiger partial charge < -0.3 is 16.0 Å². The number of carbonyl (C=O) groups excluding carboxylic acids is 3. The third kappa shape index (κ3) is 13.0. The summed E-state index contributed by atoms with van der Waals surface area (Å²) in [4.78, 5) is 35.7. The van der Waals surface area contributed by atoms with E-state index < -0.39 is 5.54 Å². The number of carbonyl (C=O) groups is 3. The van der Waals surface area contributed by atoms with E-state index in [4.69, 9.17) is 0 Å². The van der Waals surface area contributed by atoms with Gasteiger partial charge in [-0.25, -0.2) is 0 Å². The van der Waals surface area contributed by atoms with Crippen molar-refractivity contribution in [1.82, 2.24) is 16.0 Å². The number of ketones is 2. The van der Waals surface area contributed by atoms with Crippen molar-refractivity contribution in [3.8, 4) is 0 Å². The first-order valence-corrected chi connectivity index (χ1v) is 10.8. The Morgan fingerprint density at radius 3 is 2.11 bits per heavy atom. The minimum atomic E-state index is -0.604. The van der Waals surface area contributed by atoms with E-state index in [1.54, 1.807) is 0 Å². The van der Waals surface area contributed by atoms with Crippen LogP contribution in [0, 0.1) is 11.8 Å². The van der Waals surface area contributed by atoms with Crippen LogP contribution in [0.1, 0.15) is 80.6 Å². The minimum Gasteiger partial charge on any atom is -0.356 e. The fraction of sp³-hybridized carbons (Fsp3) is 0.864. The average Bonchev–Trinajstić information content (AvgIpc) is 2.61. The molecule has 164 valence electrons. The molecule has 0 bridgehead atoms. The molecule has 0 aromatic heterocycles. The number of amides is 1. The van der Waals surface area contributed by atoms with Gasteiger partial charge >= 0.3 is 0 Å². The first-order chi connectivity index (χ1) is 13.0. The van der Waals surface area contributed by atoms with Gasteiger partial charge in [0.25, 0.3) is 0 Å². The van der Waals surface area contributed by atoms with E-state index in [1.807, 2.05) is 27.7 Å². The van der Waals surface area contributed by atoms with Gasteiger partial charge in [-0.15, -0.1) is 0 Å². The molecule has 0 spiro atoms. The van der Waals surface area contributed by atoms with Crippen molar-refractivity contribution >= 4 is 17.5 Å². The fourth-order valence-electron chi connectivity index (χ4n) is 2.69. The molecule has 0 aromatic carbocycles. The van der Waals surface area contributed by atoms with Gasteiger partial charge in [0, 0.05) is 37.8 Å². The third-order valence-corrected chi connectivity index (χ3v) is 4.87. The maximum Gasteiger partial charge on any atom is 0.220 e. The molecule has 28 heavy (non-hydrogen) atoms. The van der Waals surface area contributed by atoms with Crippen molar-refractivity contribution in [3.05, 3.63) is 0 Å². The van der Waals surface area contributed by atoms with Crippen LogP contribution in [-0.2, 0) is 14.4 Å². The second-order valence-electron chi connectivity index (χ2n) is 9.04. The van der Waals surface area contributed by atoms with E-state index in [2.05, 4.69) is 36.7 Å². The zero-order chi connectivity index (χ0) is 21.7. The largest absolute Gasteiger partial charge is 0.356 e. The second kappa shape index (κ2) is 13.8. The summed E-state index contributed by atoms with van der Waals surface area (Å²) in [7, 11) is 0. The Kier molecular flexibility index (Phi) is 13.2. The molecule has 0 saturated carbocycles. The lowest BCUT2D eigenvalue weighted by molar-refractivity contribution is -0.127. The maximum atomic E-state index is 12.4. The fourth-order valence-corrected chi connectivity index (χ4v) is 2.69. The van der Waals surface area contributed by atoms with Crippen LogP contribution >= 0.6 is 0 Å². The summed E-state index contributed by atoms with van der Waals surface area (Å²) in [6, 6.07) is 0.473. The molecule has 0 rings (SSSR count). The van der Waals surface area contributed by atoms with Crippen molar-refractivity contribution in [2.75, 3.05) is 19.6 Å². The van der Waals surface area contributed by atoms with Gasteiger partial charge in [0.2, 0.25) is 5.91 Å². The molecule has 0 fully saturated rings. The molecular weight excluding hydrogens is 354 g/mol. The van der Waals surface area contributed by atoms with Gasteiger partial charge in [-0.3, -0.25) is 14.4 Å². The zero-order valence-electron chi connectivity index (χ0n) is 19.1.